The van der Waals surface area contributed by atoms with Gasteiger partial charge in [0.15, 0.2) is 6.29 Å². The Kier molecular flexibility index (Phi) is 2.89. The molecule has 0 aliphatic rings. The van der Waals surface area contributed by atoms with E-state index in [2.05, 4.69) is 15.1 Å². The highest BCUT2D eigenvalue weighted by Crippen LogP contribution is 1.97. The number of nitrogens with zero attached hydrogens (tertiary/aromatic N) is 3. The van der Waals surface area contributed by atoms with Gasteiger partial charge in [-0.15, -0.1) is 5.16 Å². The molecule has 0 saturated carbocycles. The quantitative estimate of drug-likeness (QED) is 0.302. The average molecular weight is 165 g/mol. The van der Waals surface area contributed by atoms with Crippen molar-refractivity contribution in [1.29, 1.82) is 0 Å². The fourth-order valence-corrected chi connectivity index (χ4v) is 0.761. The van der Waals surface area contributed by atoms with Crippen molar-refractivity contribution in [3.8, 4) is 0 Å². The molecule has 0 spiro atoms. The molecule has 12 heavy (non-hydrogen) atoms. The van der Waals surface area contributed by atoms with Crippen LogP contribution in [0.3, 0.4) is 0 Å². The van der Waals surface area contributed by atoms with E-state index in [0.29, 0.717) is 18.4 Å². The van der Waals surface area contributed by atoms with Crippen LogP contribution in [0.2, 0.25) is 0 Å². The van der Waals surface area contributed by atoms with Gasteiger partial charge in [0.2, 0.25) is 0 Å². The van der Waals surface area contributed by atoms with E-state index in [1.807, 2.05) is 0 Å². The second-order valence-electron chi connectivity index (χ2n) is 2.01. The minimum absolute atomic E-state index is 0.275. The molecule has 62 valence electrons. The molecular formula is C7H7N3O2. The average Bonchev–Trinajstić information content (AvgIpc) is 2.15. The van der Waals surface area contributed by atoms with Crippen LogP contribution in [0.4, 0.5) is 0 Å². The maximum atomic E-state index is 10.4. The van der Waals surface area contributed by atoms with Crippen LogP contribution in [0.1, 0.15) is 16.2 Å². The van der Waals surface area contributed by atoms with Gasteiger partial charge >= 0.3 is 0 Å². The van der Waals surface area contributed by atoms with Crippen LogP contribution in [0.15, 0.2) is 17.5 Å². The van der Waals surface area contributed by atoms with Crippen molar-refractivity contribution in [2.75, 3.05) is 0 Å². The smallest absolute Gasteiger partial charge is 0.170 e. The zero-order chi connectivity index (χ0) is 8.81. The summed E-state index contributed by atoms with van der Waals surface area (Å²) in [7, 11) is 0. The van der Waals surface area contributed by atoms with Crippen LogP contribution < -0.4 is 0 Å². The molecule has 0 radical (unpaired) electrons. The third kappa shape index (κ3) is 1.85. The first-order valence-electron chi connectivity index (χ1n) is 3.29. The van der Waals surface area contributed by atoms with Gasteiger partial charge in [0.05, 0.1) is 5.69 Å². The number of hydrogen-bond donors (Lipinski definition) is 1. The Hall–Kier alpha value is -1.78. The van der Waals surface area contributed by atoms with Crippen molar-refractivity contribution < 1.29 is 10.0 Å². The summed E-state index contributed by atoms with van der Waals surface area (Å²) in [6.45, 7) is 0. The number of carbonyl (C=O) groups is 1. The predicted molar refractivity (Wildman–Crippen MR) is 41.4 cm³/mol. The van der Waals surface area contributed by atoms with Crippen LogP contribution in [-0.4, -0.2) is 27.7 Å². The fourth-order valence-electron chi connectivity index (χ4n) is 0.761. The molecule has 0 fully saturated rings. The molecule has 0 aliphatic carbocycles. The molecule has 0 aliphatic heterocycles. The van der Waals surface area contributed by atoms with Gasteiger partial charge in [-0.3, -0.25) is 9.78 Å². The summed E-state index contributed by atoms with van der Waals surface area (Å²) in [5.74, 6) is 0. The van der Waals surface area contributed by atoms with Crippen molar-refractivity contribution in [2.45, 2.75) is 6.42 Å². The molecule has 0 aromatic carbocycles. The molecule has 5 nitrogen and oxygen atoms in total. The lowest BCUT2D eigenvalue weighted by atomic mass is 10.2. The molecule has 0 saturated heterocycles. The lowest BCUT2D eigenvalue weighted by Gasteiger charge is -1.95. The number of aromatic nitrogens is 2. The standard InChI is InChI=1S/C7H7N3O2/c11-5-7-6(1-2-10-12)8-3-4-9-7/h2-5,12H,1H2. The summed E-state index contributed by atoms with van der Waals surface area (Å²) in [4.78, 5) is 18.0. The van der Waals surface area contributed by atoms with E-state index < -0.39 is 0 Å². The highest BCUT2D eigenvalue weighted by molar-refractivity contribution is 5.75. The van der Waals surface area contributed by atoms with Gasteiger partial charge in [0.25, 0.3) is 0 Å². The van der Waals surface area contributed by atoms with Crippen LogP contribution in [0.25, 0.3) is 0 Å². The number of hydrogen-bond acceptors (Lipinski definition) is 5. The number of aldehydes is 1. The Morgan fingerprint density at radius 2 is 2.25 bits per heavy atom. The molecular weight excluding hydrogens is 158 g/mol. The summed E-state index contributed by atoms with van der Waals surface area (Å²) >= 11 is 0. The zero-order valence-electron chi connectivity index (χ0n) is 6.21. The normalized spacial score (nSPS) is 10.3. The summed E-state index contributed by atoms with van der Waals surface area (Å²) < 4.78 is 0. The SMILES string of the molecule is O=Cc1nccnc1CC=NO. The van der Waals surface area contributed by atoms with Gasteiger partial charge in [-0.2, -0.15) is 0 Å². The summed E-state index contributed by atoms with van der Waals surface area (Å²) in [5.41, 5.74) is 0.780. The van der Waals surface area contributed by atoms with Gasteiger partial charge in [0, 0.05) is 25.0 Å². The highest BCUT2D eigenvalue weighted by Gasteiger charge is 2.00. The van der Waals surface area contributed by atoms with Crippen molar-refractivity contribution >= 4 is 12.5 Å². The van der Waals surface area contributed by atoms with Crippen LogP contribution in [0, 0.1) is 0 Å². The van der Waals surface area contributed by atoms with E-state index in [-0.39, 0.29) is 5.69 Å². The number of carbonyl (C=O) groups excluding carboxylic acids is 1. The van der Waals surface area contributed by atoms with E-state index in [4.69, 9.17) is 5.21 Å². The second kappa shape index (κ2) is 4.17. The monoisotopic (exact) mass is 165 g/mol. The molecule has 1 rings (SSSR count). The Bertz CT molecular complexity index is 298. The topological polar surface area (TPSA) is 75.4 Å². The van der Waals surface area contributed by atoms with Crippen LogP contribution in [-0.2, 0) is 6.42 Å². The van der Waals surface area contributed by atoms with Crippen molar-refractivity contribution in [2.24, 2.45) is 5.16 Å². The first kappa shape index (κ1) is 8.32. The summed E-state index contributed by atoms with van der Waals surface area (Å²) in [6.07, 6.45) is 5.08. The minimum atomic E-state index is 0.275. The lowest BCUT2D eigenvalue weighted by molar-refractivity contribution is 0.111. The van der Waals surface area contributed by atoms with Crippen molar-refractivity contribution in [3.05, 3.63) is 23.8 Å². The first-order valence-corrected chi connectivity index (χ1v) is 3.29. The Labute approximate surface area is 68.8 Å². The zero-order valence-corrected chi connectivity index (χ0v) is 6.21. The maximum Gasteiger partial charge on any atom is 0.170 e. The van der Waals surface area contributed by atoms with Crippen molar-refractivity contribution in [3.63, 3.8) is 0 Å². The highest BCUT2D eigenvalue weighted by atomic mass is 16.4. The third-order valence-electron chi connectivity index (χ3n) is 1.28. The third-order valence-corrected chi connectivity index (χ3v) is 1.28. The fraction of sp³-hybridized carbons (Fsp3) is 0.143. The molecule has 0 atom stereocenters. The lowest BCUT2D eigenvalue weighted by Crippen LogP contribution is -1.99. The van der Waals surface area contributed by atoms with Gasteiger partial charge in [-0.1, -0.05) is 0 Å². The van der Waals surface area contributed by atoms with Crippen LogP contribution >= 0.6 is 0 Å². The second-order valence-corrected chi connectivity index (χ2v) is 2.01. The summed E-state index contributed by atoms with van der Waals surface area (Å²) in [6, 6.07) is 0. The van der Waals surface area contributed by atoms with Crippen molar-refractivity contribution in [1.82, 2.24) is 9.97 Å². The van der Waals surface area contributed by atoms with Gasteiger partial charge < -0.3 is 5.21 Å². The molecule has 1 aromatic rings. The molecule has 5 heteroatoms. The minimum Gasteiger partial charge on any atom is -0.411 e. The first-order chi connectivity index (χ1) is 5.88. The summed E-state index contributed by atoms with van der Waals surface area (Å²) in [5, 5.41) is 10.9. The van der Waals surface area contributed by atoms with E-state index in [1.54, 1.807) is 0 Å². The van der Waals surface area contributed by atoms with E-state index in [9.17, 15) is 4.79 Å². The Morgan fingerprint density at radius 1 is 1.50 bits per heavy atom. The molecule has 1 aromatic heterocycles. The molecule has 0 amide bonds. The molecule has 0 unspecified atom stereocenters. The van der Waals surface area contributed by atoms with E-state index in [1.165, 1.54) is 18.6 Å². The molecule has 1 heterocycles. The van der Waals surface area contributed by atoms with Gasteiger partial charge in [0.1, 0.15) is 5.69 Å². The predicted octanol–water partition coefficient (Wildman–Crippen LogP) is 0.292. The maximum absolute atomic E-state index is 10.4. The molecule has 0 bridgehead atoms. The van der Waals surface area contributed by atoms with E-state index >= 15 is 0 Å². The van der Waals surface area contributed by atoms with E-state index in [0.717, 1.165) is 0 Å². The largest absolute Gasteiger partial charge is 0.411 e. The Morgan fingerprint density at radius 3 is 2.92 bits per heavy atom. The number of rotatable bonds is 3. The van der Waals surface area contributed by atoms with Crippen LogP contribution in [0.5, 0.6) is 0 Å². The molecule has 1 N–H and O–H groups in total. The Balaban J connectivity index is 2.89. The van der Waals surface area contributed by atoms with Gasteiger partial charge in [-0.25, -0.2) is 4.98 Å². The van der Waals surface area contributed by atoms with Gasteiger partial charge in [-0.05, 0) is 0 Å². The number of oxime groups is 1.